The highest BCUT2D eigenvalue weighted by atomic mass is 16.5. The van der Waals surface area contributed by atoms with Crippen LogP contribution in [0.5, 0.6) is 11.5 Å². The van der Waals surface area contributed by atoms with E-state index in [0.717, 1.165) is 39.7 Å². The van der Waals surface area contributed by atoms with Crippen LogP contribution in [0.25, 0.3) is 27.6 Å². The van der Waals surface area contributed by atoms with Crippen molar-refractivity contribution >= 4 is 44.6 Å². The van der Waals surface area contributed by atoms with Crippen molar-refractivity contribution in [3.63, 3.8) is 0 Å². The highest BCUT2D eigenvalue weighted by Gasteiger charge is 2.33. The second-order valence-corrected chi connectivity index (χ2v) is 21.5. The molecular formula is C62H62N4O. The monoisotopic (exact) mass is 878 g/mol. The maximum Gasteiger partial charge on any atom is 0.137 e. The number of ether oxygens (including phenoxy) is 1. The molecule has 0 N–H and O–H groups in total. The molecule has 2 aromatic heterocycles. The number of para-hydroxylation sites is 2. The molecule has 0 aliphatic carbocycles. The molecule has 0 atom stereocenters. The van der Waals surface area contributed by atoms with Crippen molar-refractivity contribution in [1.82, 2.24) is 9.55 Å². The number of anilines is 4. The minimum atomic E-state index is -0.233. The van der Waals surface area contributed by atoms with Crippen molar-refractivity contribution in [2.24, 2.45) is 0 Å². The number of nitrogens with zero attached hydrogens (tertiary/aromatic N) is 4. The van der Waals surface area contributed by atoms with E-state index in [1.165, 1.54) is 55.5 Å². The molecule has 5 nitrogen and oxygen atoms in total. The lowest BCUT2D eigenvalue weighted by Crippen LogP contribution is -2.27. The standard InChI is InChI=1S/C62H62N4O/c1-59(2,3)44-28-30-52-53-31-29-51(40-57(53)66(56(52)37-44)58-38-45(32-33-63-58)60(4,5)6)67-50-25-19-24-48(39-50)64-41-65(55-27-18-17-26-54(55)64)49-35-46(61(7,8)42-20-13-11-14-21-42)34-47(36-49)62(9,10)43-22-15-12-16-23-43/h11-40H,41H2,1-10H3. The average Bonchev–Trinajstić information content (AvgIpc) is 3.87. The van der Waals surface area contributed by atoms with Gasteiger partial charge in [0.2, 0.25) is 0 Å². The van der Waals surface area contributed by atoms with Crippen molar-refractivity contribution in [1.29, 1.82) is 0 Å². The number of fused-ring (bicyclic) bond motifs is 4. The summed E-state index contributed by atoms with van der Waals surface area (Å²) >= 11 is 0. The highest BCUT2D eigenvalue weighted by molar-refractivity contribution is 6.09. The molecule has 0 bridgehead atoms. The summed E-state index contributed by atoms with van der Waals surface area (Å²) in [4.78, 5) is 9.85. The predicted molar refractivity (Wildman–Crippen MR) is 282 cm³/mol. The molecule has 3 heterocycles. The van der Waals surface area contributed by atoms with Crippen LogP contribution in [0.1, 0.15) is 103 Å². The smallest absolute Gasteiger partial charge is 0.137 e. The Balaban J connectivity index is 1.03. The van der Waals surface area contributed by atoms with Crippen LogP contribution in [-0.2, 0) is 21.7 Å². The lowest BCUT2D eigenvalue weighted by Gasteiger charge is -2.33. The average molecular weight is 879 g/mol. The van der Waals surface area contributed by atoms with Crippen LogP contribution in [-0.4, -0.2) is 16.2 Å². The molecule has 7 aromatic carbocycles. The minimum absolute atomic E-state index is 0.00607. The molecule has 1 aliphatic rings. The molecule has 0 amide bonds. The van der Waals surface area contributed by atoms with Gasteiger partial charge in [-0.05, 0) is 111 Å². The fraction of sp³-hybridized carbons (Fsp3) is 0.242. The molecule has 10 rings (SSSR count). The Labute approximate surface area is 397 Å². The van der Waals surface area contributed by atoms with Gasteiger partial charge >= 0.3 is 0 Å². The summed E-state index contributed by atoms with van der Waals surface area (Å²) in [6.07, 6.45) is 1.94. The predicted octanol–water partition coefficient (Wildman–Crippen LogP) is 16.5. The van der Waals surface area contributed by atoms with E-state index in [9.17, 15) is 0 Å². The van der Waals surface area contributed by atoms with Gasteiger partial charge < -0.3 is 14.5 Å². The first-order valence-electron chi connectivity index (χ1n) is 23.7. The molecule has 0 saturated carbocycles. The van der Waals surface area contributed by atoms with Crippen LogP contribution in [0.2, 0.25) is 0 Å². The number of hydrogen-bond acceptors (Lipinski definition) is 4. The second-order valence-electron chi connectivity index (χ2n) is 21.5. The number of rotatable bonds is 9. The van der Waals surface area contributed by atoms with E-state index in [4.69, 9.17) is 9.72 Å². The molecule has 0 fully saturated rings. The first-order valence-corrected chi connectivity index (χ1v) is 23.7. The highest BCUT2D eigenvalue weighted by Crippen LogP contribution is 2.48. The van der Waals surface area contributed by atoms with Crippen molar-refractivity contribution < 1.29 is 4.74 Å². The van der Waals surface area contributed by atoms with E-state index in [2.05, 4.69) is 260 Å². The summed E-state index contributed by atoms with van der Waals surface area (Å²) in [5.74, 6) is 2.45. The summed E-state index contributed by atoms with van der Waals surface area (Å²) in [6, 6.07) is 64.0. The molecule has 0 unspecified atom stereocenters. The summed E-state index contributed by atoms with van der Waals surface area (Å²) in [5, 5.41) is 2.36. The van der Waals surface area contributed by atoms with E-state index in [0.29, 0.717) is 6.67 Å². The first-order chi connectivity index (χ1) is 32.0. The van der Waals surface area contributed by atoms with E-state index in [1.54, 1.807) is 0 Å². The molecule has 0 radical (unpaired) electrons. The molecular weight excluding hydrogens is 817 g/mol. The van der Waals surface area contributed by atoms with Gasteiger partial charge in [-0.3, -0.25) is 4.57 Å². The van der Waals surface area contributed by atoms with E-state index >= 15 is 0 Å². The third kappa shape index (κ3) is 8.05. The summed E-state index contributed by atoms with van der Waals surface area (Å²) in [6.45, 7) is 23.6. The number of benzene rings is 7. The second kappa shape index (κ2) is 16.3. The van der Waals surface area contributed by atoms with Gasteiger partial charge in [0.05, 0.1) is 22.4 Å². The molecule has 1 aliphatic heterocycles. The number of aromatic nitrogens is 2. The van der Waals surface area contributed by atoms with E-state index in [1.807, 2.05) is 6.20 Å². The maximum absolute atomic E-state index is 6.85. The van der Waals surface area contributed by atoms with Crippen molar-refractivity contribution in [2.45, 2.75) is 90.9 Å². The van der Waals surface area contributed by atoms with Gasteiger partial charge in [-0.25, -0.2) is 4.98 Å². The zero-order valence-electron chi connectivity index (χ0n) is 40.7. The van der Waals surface area contributed by atoms with Gasteiger partial charge in [-0.15, -0.1) is 0 Å². The molecule has 5 heteroatoms. The van der Waals surface area contributed by atoms with Crippen LogP contribution in [0, 0.1) is 0 Å². The van der Waals surface area contributed by atoms with Crippen LogP contribution in [0.4, 0.5) is 22.7 Å². The molecule has 336 valence electrons. The Bertz CT molecular complexity index is 3210. The van der Waals surface area contributed by atoms with Gasteiger partial charge in [0.1, 0.15) is 24.0 Å². The Morgan fingerprint density at radius 1 is 0.403 bits per heavy atom. The fourth-order valence-electron chi connectivity index (χ4n) is 9.82. The SMILES string of the molecule is CC(C)(C)c1ccnc(-n2c3cc(Oc4cccc(N5CN(c6cc(C(C)(C)c7ccccc7)cc(C(C)(C)c7ccccc7)c6)c6ccccc65)c4)ccc3c3ccc(C(C)(C)C)cc32)c1. The van der Waals surface area contributed by atoms with Gasteiger partial charge in [0.25, 0.3) is 0 Å². The Morgan fingerprint density at radius 3 is 1.52 bits per heavy atom. The van der Waals surface area contributed by atoms with Crippen molar-refractivity contribution in [2.75, 3.05) is 16.5 Å². The third-order valence-electron chi connectivity index (χ3n) is 14.2. The van der Waals surface area contributed by atoms with Gasteiger partial charge in [0, 0.05) is 51.3 Å². The van der Waals surface area contributed by atoms with Crippen LogP contribution < -0.4 is 14.5 Å². The zero-order valence-corrected chi connectivity index (χ0v) is 40.7. The van der Waals surface area contributed by atoms with Crippen LogP contribution in [0.3, 0.4) is 0 Å². The van der Waals surface area contributed by atoms with Gasteiger partial charge in [-0.1, -0.05) is 166 Å². The molecule has 0 spiro atoms. The minimum Gasteiger partial charge on any atom is -0.457 e. The Hall–Kier alpha value is -7.11. The summed E-state index contributed by atoms with van der Waals surface area (Å²) in [5.41, 5.74) is 13.9. The maximum atomic E-state index is 6.85. The van der Waals surface area contributed by atoms with Crippen LogP contribution in [0.15, 0.2) is 182 Å². The lowest BCUT2D eigenvalue weighted by molar-refractivity contribution is 0.483. The van der Waals surface area contributed by atoms with Crippen molar-refractivity contribution in [3.8, 4) is 17.3 Å². The first kappa shape index (κ1) is 43.8. The van der Waals surface area contributed by atoms with Crippen molar-refractivity contribution in [3.05, 3.63) is 216 Å². The number of hydrogen-bond donors (Lipinski definition) is 0. The Morgan fingerprint density at radius 2 is 0.925 bits per heavy atom. The summed E-state index contributed by atoms with van der Waals surface area (Å²) < 4.78 is 9.16. The quantitative estimate of drug-likeness (QED) is 0.145. The van der Waals surface area contributed by atoms with Crippen LogP contribution >= 0.6 is 0 Å². The zero-order chi connectivity index (χ0) is 46.9. The third-order valence-corrected chi connectivity index (χ3v) is 14.2. The fourth-order valence-corrected chi connectivity index (χ4v) is 9.82. The van der Waals surface area contributed by atoms with E-state index < -0.39 is 0 Å². The van der Waals surface area contributed by atoms with E-state index in [-0.39, 0.29) is 21.7 Å². The molecule has 67 heavy (non-hydrogen) atoms. The Kier molecular flexibility index (Phi) is 10.7. The normalized spacial score (nSPS) is 13.4. The largest absolute Gasteiger partial charge is 0.457 e. The summed E-state index contributed by atoms with van der Waals surface area (Å²) in [7, 11) is 0. The molecule has 0 saturated heterocycles. The lowest BCUT2D eigenvalue weighted by atomic mass is 9.73. The van der Waals surface area contributed by atoms with Gasteiger partial charge in [0.15, 0.2) is 0 Å². The van der Waals surface area contributed by atoms with Gasteiger partial charge in [-0.2, -0.15) is 0 Å². The molecule has 9 aromatic rings. The topological polar surface area (TPSA) is 33.5 Å². The number of pyridine rings is 1.